The molecule has 0 amide bonds. The normalized spacial score (nSPS) is 27.6. The number of aliphatic hydroxyl groups excluding tert-OH is 4. The molecule has 1 fully saturated rings. The highest BCUT2D eigenvalue weighted by Gasteiger charge is 2.44. The summed E-state index contributed by atoms with van der Waals surface area (Å²) in [6.07, 6.45) is -4.45. The third-order valence-electron chi connectivity index (χ3n) is 4.62. The molecule has 5 atom stereocenters. The van der Waals surface area contributed by atoms with Crippen molar-refractivity contribution in [3.05, 3.63) is 51.9 Å². The molecule has 8 nitrogen and oxygen atoms in total. The number of benzene rings is 1. The van der Waals surface area contributed by atoms with Gasteiger partial charge in [0, 0.05) is 17.5 Å². The van der Waals surface area contributed by atoms with E-state index in [1.165, 1.54) is 12.1 Å². The maximum atomic E-state index is 11.5. The van der Waals surface area contributed by atoms with Crippen LogP contribution in [-0.2, 0) is 11.2 Å². The Hall–Kier alpha value is -2.23. The Balaban J connectivity index is 1.98. The fourth-order valence-corrected chi connectivity index (χ4v) is 3.02. The first-order valence-corrected chi connectivity index (χ1v) is 8.97. The van der Waals surface area contributed by atoms with E-state index in [0.717, 1.165) is 11.1 Å². The number of fused-ring (bicyclic) bond motifs is 1. The first-order valence-electron chi connectivity index (χ1n) is 8.97. The highest BCUT2D eigenvalue weighted by atomic mass is 16.7. The second-order valence-electron chi connectivity index (χ2n) is 7.05. The molecule has 152 valence electrons. The molecular weight excluding hydrogens is 368 g/mol. The van der Waals surface area contributed by atoms with Gasteiger partial charge >= 0.3 is 5.63 Å². The molecule has 1 aliphatic heterocycles. The molecule has 28 heavy (non-hydrogen) atoms. The van der Waals surface area contributed by atoms with Gasteiger partial charge in [-0.2, -0.15) is 0 Å². The standard InChI is InChI=1S/C20H24O8/c1-10(2)3-4-11-7-12-5-6-16(22)26-13(12)8-14(11)27-20-19(25)18(24)17(23)15(9-21)28-20/h3,5-8,15,17-21,23-25H,4,9H2,1-2H3. The molecule has 0 saturated carbocycles. The van der Waals surface area contributed by atoms with Crippen LogP contribution < -0.4 is 10.4 Å². The van der Waals surface area contributed by atoms with E-state index < -0.39 is 42.9 Å². The fourth-order valence-electron chi connectivity index (χ4n) is 3.02. The van der Waals surface area contributed by atoms with Crippen molar-refractivity contribution in [2.45, 2.75) is 51.0 Å². The summed E-state index contributed by atoms with van der Waals surface area (Å²) in [6.45, 7) is 3.36. The topological polar surface area (TPSA) is 130 Å². The van der Waals surface area contributed by atoms with Crippen molar-refractivity contribution in [2.75, 3.05) is 6.61 Å². The van der Waals surface area contributed by atoms with Crippen LogP contribution in [0.25, 0.3) is 11.0 Å². The first kappa shape index (κ1) is 20.5. The third-order valence-corrected chi connectivity index (χ3v) is 4.62. The number of hydrogen-bond donors (Lipinski definition) is 4. The molecule has 8 heteroatoms. The summed E-state index contributed by atoms with van der Waals surface area (Å²) in [6, 6.07) is 6.29. The number of ether oxygens (including phenoxy) is 2. The average Bonchev–Trinajstić information content (AvgIpc) is 2.66. The van der Waals surface area contributed by atoms with Crippen molar-refractivity contribution < 1.29 is 34.3 Å². The second kappa shape index (κ2) is 8.42. The Morgan fingerprint density at radius 3 is 2.57 bits per heavy atom. The summed E-state index contributed by atoms with van der Waals surface area (Å²) < 4.78 is 16.4. The quantitative estimate of drug-likeness (QED) is 0.427. The molecule has 4 N–H and O–H groups in total. The lowest BCUT2D eigenvalue weighted by molar-refractivity contribution is -0.277. The smallest absolute Gasteiger partial charge is 0.336 e. The molecule has 1 aliphatic rings. The van der Waals surface area contributed by atoms with Gasteiger partial charge in [-0.15, -0.1) is 0 Å². The Bertz CT molecular complexity index is 912. The lowest BCUT2D eigenvalue weighted by Gasteiger charge is -2.39. The van der Waals surface area contributed by atoms with Gasteiger partial charge in [0.05, 0.1) is 6.61 Å². The van der Waals surface area contributed by atoms with E-state index in [1.54, 1.807) is 12.1 Å². The number of rotatable bonds is 5. The lowest BCUT2D eigenvalue weighted by atomic mass is 9.99. The molecule has 0 radical (unpaired) electrons. The van der Waals surface area contributed by atoms with E-state index in [4.69, 9.17) is 13.9 Å². The van der Waals surface area contributed by atoms with E-state index in [9.17, 15) is 25.2 Å². The average molecular weight is 392 g/mol. The van der Waals surface area contributed by atoms with Crippen LogP contribution >= 0.6 is 0 Å². The molecule has 3 rings (SSSR count). The summed E-state index contributed by atoms with van der Waals surface area (Å²) in [4.78, 5) is 11.5. The van der Waals surface area contributed by atoms with Crippen molar-refractivity contribution in [2.24, 2.45) is 0 Å². The highest BCUT2D eigenvalue weighted by Crippen LogP contribution is 2.30. The Morgan fingerprint density at radius 1 is 1.14 bits per heavy atom. The predicted octanol–water partition coefficient (Wildman–Crippen LogP) is 0.480. The van der Waals surface area contributed by atoms with Gasteiger partial charge < -0.3 is 34.3 Å². The van der Waals surface area contributed by atoms with E-state index in [2.05, 4.69) is 0 Å². The fraction of sp³-hybridized carbons (Fsp3) is 0.450. The molecular formula is C20H24O8. The molecule has 1 saturated heterocycles. The van der Waals surface area contributed by atoms with Crippen LogP contribution in [0.4, 0.5) is 0 Å². The Kier molecular flexibility index (Phi) is 6.17. The van der Waals surface area contributed by atoms with Gasteiger partial charge in [-0.1, -0.05) is 11.6 Å². The molecule has 1 aromatic heterocycles. The van der Waals surface area contributed by atoms with Gasteiger partial charge in [0.15, 0.2) is 0 Å². The minimum absolute atomic E-state index is 0.295. The number of hydrogen-bond acceptors (Lipinski definition) is 8. The van der Waals surface area contributed by atoms with Crippen LogP contribution in [0.3, 0.4) is 0 Å². The summed E-state index contributed by atoms with van der Waals surface area (Å²) in [5.41, 5.74) is 1.63. The molecule has 2 aromatic rings. The first-order chi connectivity index (χ1) is 13.3. The van der Waals surface area contributed by atoms with Gasteiger partial charge in [-0.05, 0) is 38.0 Å². The molecule has 5 unspecified atom stereocenters. The van der Waals surface area contributed by atoms with Crippen molar-refractivity contribution in [3.8, 4) is 5.75 Å². The lowest BCUT2D eigenvalue weighted by Crippen LogP contribution is -2.60. The summed E-state index contributed by atoms with van der Waals surface area (Å²) >= 11 is 0. The largest absolute Gasteiger partial charge is 0.462 e. The highest BCUT2D eigenvalue weighted by molar-refractivity contribution is 5.79. The molecule has 0 spiro atoms. The minimum Gasteiger partial charge on any atom is -0.462 e. The van der Waals surface area contributed by atoms with E-state index in [-0.39, 0.29) is 0 Å². The van der Waals surface area contributed by atoms with Crippen LogP contribution in [0.2, 0.25) is 0 Å². The van der Waals surface area contributed by atoms with Crippen molar-refractivity contribution in [1.82, 2.24) is 0 Å². The van der Waals surface area contributed by atoms with E-state index in [1.807, 2.05) is 19.9 Å². The third kappa shape index (κ3) is 4.26. The maximum Gasteiger partial charge on any atom is 0.336 e. The summed E-state index contributed by atoms with van der Waals surface area (Å²) in [7, 11) is 0. The van der Waals surface area contributed by atoms with Crippen LogP contribution in [0, 0.1) is 0 Å². The molecule has 1 aromatic carbocycles. The van der Waals surface area contributed by atoms with Crippen molar-refractivity contribution in [3.63, 3.8) is 0 Å². The van der Waals surface area contributed by atoms with Gasteiger partial charge in [0.25, 0.3) is 0 Å². The minimum atomic E-state index is -1.55. The van der Waals surface area contributed by atoms with Crippen LogP contribution in [0.1, 0.15) is 19.4 Å². The van der Waals surface area contributed by atoms with Gasteiger partial charge in [0.2, 0.25) is 6.29 Å². The maximum absolute atomic E-state index is 11.5. The van der Waals surface area contributed by atoms with Gasteiger partial charge in [0.1, 0.15) is 35.7 Å². The Morgan fingerprint density at radius 2 is 1.89 bits per heavy atom. The SMILES string of the molecule is CC(C)=CCc1cc2ccc(=O)oc2cc1OC1OC(CO)C(O)C(O)C1O. The molecule has 2 heterocycles. The monoisotopic (exact) mass is 392 g/mol. The number of aliphatic hydroxyl groups is 4. The zero-order valence-electron chi connectivity index (χ0n) is 15.6. The van der Waals surface area contributed by atoms with Crippen LogP contribution in [0.15, 0.2) is 45.1 Å². The predicted molar refractivity (Wildman–Crippen MR) is 100 cm³/mol. The van der Waals surface area contributed by atoms with Crippen LogP contribution in [0.5, 0.6) is 5.75 Å². The molecule has 0 bridgehead atoms. The van der Waals surface area contributed by atoms with E-state index >= 15 is 0 Å². The van der Waals surface area contributed by atoms with E-state index in [0.29, 0.717) is 23.1 Å². The van der Waals surface area contributed by atoms with Crippen molar-refractivity contribution in [1.29, 1.82) is 0 Å². The summed E-state index contributed by atoms with van der Waals surface area (Å²) in [5.74, 6) is 0.295. The second-order valence-corrected chi connectivity index (χ2v) is 7.05. The summed E-state index contributed by atoms with van der Waals surface area (Å²) in [5, 5.41) is 40.1. The number of allylic oxidation sites excluding steroid dienone is 2. The molecule has 0 aliphatic carbocycles. The van der Waals surface area contributed by atoms with Gasteiger partial charge in [-0.25, -0.2) is 4.79 Å². The zero-order chi connectivity index (χ0) is 20.4. The zero-order valence-corrected chi connectivity index (χ0v) is 15.6. The van der Waals surface area contributed by atoms with Crippen molar-refractivity contribution >= 4 is 11.0 Å². The van der Waals surface area contributed by atoms with Crippen LogP contribution in [-0.4, -0.2) is 57.7 Å². The van der Waals surface area contributed by atoms with Gasteiger partial charge in [-0.3, -0.25) is 0 Å². The Labute approximate surface area is 161 Å².